The van der Waals surface area contributed by atoms with E-state index in [0.29, 0.717) is 41.2 Å². The fourth-order valence-corrected chi connectivity index (χ4v) is 5.21. The van der Waals surface area contributed by atoms with E-state index in [4.69, 9.17) is 4.74 Å². The number of amides is 1. The van der Waals surface area contributed by atoms with Crippen molar-refractivity contribution in [3.8, 4) is 5.75 Å². The number of hydrogen-bond donors (Lipinski definition) is 1. The van der Waals surface area contributed by atoms with Gasteiger partial charge < -0.3 is 9.64 Å². The summed E-state index contributed by atoms with van der Waals surface area (Å²) in [7, 11) is -2.32. The number of carbonyl (C=O) groups is 1. The standard InChI is InChI=1S/C21H26N2O4S/c1-15-13-17(27-3)14-16(2)20(15)28(25,26)22-19-10-6-5-9-18(19)21(24)23-11-7-4-8-12-23/h5-6,9-10,13-14,22H,4,7-8,11-12H2,1-3H3. The van der Waals surface area contributed by atoms with Crippen LogP contribution < -0.4 is 9.46 Å². The second-order valence-corrected chi connectivity index (χ2v) is 8.71. The van der Waals surface area contributed by atoms with Gasteiger partial charge in [-0.2, -0.15) is 0 Å². The SMILES string of the molecule is COc1cc(C)c(S(=O)(=O)Nc2ccccc2C(=O)N2CCCCC2)c(C)c1. The second kappa shape index (κ2) is 8.22. The van der Waals surface area contributed by atoms with Crippen LogP contribution in [0, 0.1) is 13.8 Å². The summed E-state index contributed by atoms with van der Waals surface area (Å²) in [5, 5.41) is 0. The highest BCUT2D eigenvalue weighted by molar-refractivity contribution is 7.92. The van der Waals surface area contributed by atoms with Crippen molar-refractivity contribution < 1.29 is 17.9 Å². The highest BCUT2D eigenvalue weighted by Crippen LogP contribution is 2.29. The molecule has 1 N–H and O–H groups in total. The number of sulfonamides is 1. The van der Waals surface area contributed by atoms with Crippen molar-refractivity contribution >= 4 is 21.6 Å². The predicted octanol–water partition coefficient (Wildman–Crippen LogP) is 3.74. The van der Waals surface area contributed by atoms with Gasteiger partial charge in [0.1, 0.15) is 5.75 Å². The Kier molecular flexibility index (Phi) is 5.93. The number of likely N-dealkylation sites (tertiary alicyclic amines) is 1. The van der Waals surface area contributed by atoms with Crippen LogP contribution >= 0.6 is 0 Å². The second-order valence-electron chi connectivity index (χ2n) is 7.09. The van der Waals surface area contributed by atoms with Gasteiger partial charge in [0.2, 0.25) is 0 Å². The molecule has 2 aromatic rings. The third-order valence-corrected chi connectivity index (χ3v) is 6.65. The third-order valence-electron chi connectivity index (χ3n) is 4.98. The van der Waals surface area contributed by atoms with Crippen LogP contribution in [-0.2, 0) is 10.0 Å². The molecule has 0 atom stereocenters. The molecule has 3 rings (SSSR count). The lowest BCUT2D eigenvalue weighted by Crippen LogP contribution is -2.36. The minimum Gasteiger partial charge on any atom is -0.497 e. The van der Waals surface area contributed by atoms with Crippen molar-refractivity contribution in [2.75, 3.05) is 24.9 Å². The number of benzene rings is 2. The number of anilines is 1. The molecule has 1 heterocycles. The summed E-state index contributed by atoms with van der Waals surface area (Å²) in [6.07, 6.45) is 3.07. The van der Waals surface area contributed by atoms with Crippen molar-refractivity contribution in [2.24, 2.45) is 0 Å². The zero-order valence-electron chi connectivity index (χ0n) is 16.5. The number of carbonyl (C=O) groups excluding carboxylic acids is 1. The first kappa shape index (κ1) is 20.2. The van der Waals surface area contributed by atoms with E-state index < -0.39 is 10.0 Å². The van der Waals surface area contributed by atoms with Crippen LogP contribution in [0.5, 0.6) is 5.75 Å². The van der Waals surface area contributed by atoms with Gasteiger partial charge in [0.25, 0.3) is 15.9 Å². The average Bonchev–Trinajstić information content (AvgIpc) is 2.67. The maximum Gasteiger partial charge on any atom is 0.262 e. The zero-order valence-corrected chi connectivity index (χ0v) is 17.3. The van der Waals surface area contributed by atoms with Gasteiger partial charge in [0.15, 0.2) is 0 Å². The number of methoxy groups -OCH3 is 1. The van der Waals surface area contributed by atoms with Crippen LogP contribution in [0.1, 0.15) is 40.7 Å². The van der Waals surface area contributed by atoms with E-state index in [1.807, 2.05) is 0 Å². The first-order valence-electron chi connectivity index (χ1n) is 9.40. The van der Waals surface area contributed by atoms with Crippen molar-refractivity contribution in [2.45, 2.75) is 38.0 Å². The van der Waals surface area contributed by atoms with Gasteiger partial charge in [-0.15, -0.1) is 0 Å². The average molecular weight is 403 g/mol. The molecule has 0 aliphatic carbocycles. The number of hydrogen-bond acceptors (Lipinski definition) is 4. The lowest BCUT2D eigenvalue weighted by atomic mass is 10.1. The molecule has 6 nitrogen and oxygen atoms in total. The highest BCUT2D eigenvalue weighted by atomic mass is 32.2. The molecule has 0 spiro atoms. The minimum absolute atomic E-state index is 0.138. The molecule has 28 heavy (non-hydrogen) atoms. The van der Waals surface area contributed by atoms with E-state index >= 15 is 0 Å². The Morgan fingerprint density at radius 3 is 2.25 bits per heavy atom. The molecule has 0 aromatic heterocycles. The normalized spacial score (nSPS) is 14.6. The third kappa shape index (κ3) is 4.14. The van der Waals surface area contributed by atoms with Crippen molar-refractivity contribution in [1.29, 1.82) is 0 Å². The Hall–Kier alpha value is -2.54. The fraction of sp³-hybridized carbons (Fsp3) is 0.381. The van der Waals surface area contributed by atoms with E-state index in [2.05, 4.69) is 4.72 Å². The lowest BCUT2D eigenvalue weighted by Gasteiger charge is -2.27. The number of ether oxygens (including phenoxy) is 1. The topological polar surface area (TPSA) is 75.7 Å². The molecule has 150 valence electrons. The lowest BCUT2D eigenvalue weighted by molar-refractivity contribution is 0.0725. The Bertz CT molecular complexity index is 957. The van der Waals surface area contributed by atoms with Crippen LogP contribution in [-0.4, -0.2) is 39.4 Å². The van der Waals surface area contributed by atoms with E-state index in [-0.39, 0.29) is 10.8 Å². The van der Waals surface area contributed by atoms with Gasteiger partial charge in [-0.1, -0.05) is 12.1 Å². The summed E-state index contributed by atoms with van der Waals surface area (Å²) >= 11 is 0. The number of piperidine rings is 1. The first-order valence-corrected chi connectivity index (χ1v) is 10.9. The number of aryl methyl sites for hydroxylation is 2. The van der Waals surface area contributed by atoms with Crippen molar-refractivity contribution in [3.63, 3.8) is 0 Å². The van der Waals surface area contributed by atoms with Crippen molar-refractivity contribution in [3.05, 3.63) is 53.1 Å². The van der Waals surface area contributed by atoms with Crippen molar-refractivity contribution in [1.82, 2.24) is 4.90 Å². The molecule has 1 saturated heterocycles. The minimum atomic E-state index is -3.86. The molecular formula is C21H26N2O4S. The Balaban J connectivity index is 1.95. The zero-order chi connectivity index (χ0) is 20.3. The molecular weight excluding hydrogens is 376 g/mol. The molecule has 1 fully saturated rings. The predicted molar refractivity (Wildman–Crippen MR) is 109 cm³/mol. The van der Waals surface area contributed by atoms with Crippen LogP contribution in [0.25, 0.3) is 0 Å². The number of nitrogens with zero attached hydrogens (tertiary/aromatic N) is 1. The Labute approximate surface area is 166 Å². The summed E-state index contributed by atoms with van der Waals surface area (Å²) < 4.78 is 34.1. The van der Waals surface area contributed by atoms with Crippen LogP contribution in [0.15, 0.2) is 41.3 Å². The van der Waals surface area contributed by atoms with Gasteiger partial charge in [0, 0.05) is 13.1 Å². The summed E-state index contributed by atoms with van der Waals surface area (Å²) in [4.78, 5) is 14.9. The maximum absolute atomic E-state index is 13.1. The number of nitrogens with one attached hydrogen (secondary N) is 1. The molecule has 7 heteroatoms. The Morgan fingerprint density at radius 2 is 1.64 bits per heavy atom. The molecule has 1 aliphatic heterocycles. The molecule has 2 aromatic carbocycles. The van der Waals surface area contributed by atoms with Gasteiger partial charge in [-0.05, 0) is 68.5 Å². The van der Waals surface area contributed by atoms with E-state index in [1.165, 1.54) is 0 Å². The van der Waals surface area contributed by atoms with Crippen LogP contribution in [0.4, 0.5) is 5.69 Å². The highest BCUT2D eigenvalue weighted by Gasteiger charge is 2.25. The maximum atomic E-state index is 13.1. The Morgan fingerprint density at radius 1 is 1.04 bits per heavy atom. The molecule has 1 aliphatic rings. The van der Waals surface area contributed by atoms with Gasteiger partial charge in [0.05, 0.1) is 23.3 Å². The monoisotopic (exact) mass is 402 g/mol. The number of rotatable bonds is 5. The molecule has 0 bridgehead atoms. The van der Waals surface area contributed by atoms with Gasteiger partial charge in [-0.3, -0.25) is 9.52 Å². The van der Waals surface area contributed by atoms with Crippen LogP contribution in [0.3, 0.4) is 0 Å². The summed E-state index contributed by atoms with van der Waals surface area (Å²) in [6, 6.07) is 10.1. The fourth-order valence-electron chi connectivity index (χ4n) is 3.67. The smallest absolute Gasteiger partial charge is 0.262 e. The molecule has 0 unspecified atom stereocenters. The summed E-state index contributed by atoms with van der Waals surface area (Å²) in [5.74, 6) is 0.468. The van der Waals surface area contributed by atoms with E-state index in [0.717, 1.165) is 19.3 Å². The van der Waals surface area contributed by atoms with Crippen LogP contribution in [0.2, 0.25) is 0 Å². The molecule has 1 amide bonds. The largest absolute Gasteiger partial charge is 0.497 e. The summed E-state index contributed by atoms with van der Waals surface area (Å²) in [6.45, 7) is 4.87. The quantitative estimate of drug-likeness (QED) is 0.827. The number of para-hydroxylation sites is 1. The summed E-state index contributed by atoms with van der Waals surface area (Å²) in [5.41, 5.74) is 1.85. The van der Waals surface area contributed by atoms with Gasteiger partial charge >= 0.3 is 0 Å². The van der Waals surface area contributed by atoms with E-state index in [9.17, 15) is 13.2 Å². The molecule has 0 saturated carbocycles. The first-order chi connectivity index (χ1) is 13.3. The van der Waals surface area contributed by atoms with Gasteiger partial charge in [-0.25, -0.2) is 8.42 Å². The van der Waals surface area contributed by atoms with E-state index in [1.54, 1.807) is 62.3 Å². The molecule has 0 radical (unpaired) electrons.